The lowest BCUT2D eigenvalue weighted by Gasteiger charge is -2.39. The second-order valence-electron chi connectivity index (χ2n) is 11.5. The fourth-order valence-electron chi connectivity index (χ4n) is 7.16. The van der Waals surface area contributed by atoms with E-state index in [2.05, 4.69) is 40.9 Å². The maximum Gasteiger partial charge on any atom is 0.247 e. The molecule has 6 atom stereocenters. The van der Waals surface area contributed by atoms with Crippen LogP contribution in [-0.2, 0) is 14.4 Å². The number of aliphatic hydroxyl groups excluding tert-OH is 1. The van der Waals surface area contributed by atoms with E-state index < -0.39 is 22.6 Å². The molecule has 3 heterocycles. The van der Waals surface area contributed by atoms with Crippen molar-refractivity contribution in [1.82, 2.24) is 14.7 Å². The van der Waals surface area contributed by atoms with Gasteiger partial charge in [0, 0.05) is 43.6 Å². The molecule has 3 aliphatic rings. The Morgan fingerprint density at radius 3 is 2.45 bits per heavy atom. The molecule has 0 aromatic carbocycles. The van der Waals surface area contributed by atoms with Crippen LogP contribution in [0.5, 0.6) is 0 Å². The molecule has 38 heavy (non-hydrogen) atoms. The molecular weight excluding hydrogens is 498 g/mol. The summed E-state index contributed by atoms with van der Waals surface area (Å²) in [7, 11) is 0. The summed E-state index contributed by atoms with van der Waals surface area (Å²) < 4.78 is -0.970. The standard InChI is InChI=1S/C30H49N3O4S/c1-7-14-22(5)32(19-10-4)28(37)25-30-16-15-29(6,38-30)23(26(35)31(17-8-2)18-9-3)24(30)27(36)33(25)20-12-11-13-21-34/h8,10,22-25,34H,2,4,7,9,11-21H2,1,3,5-6H3/t22?,23-,24-,25?,29+,30?/m0/s1. The van der Waals surface area contributed by atoms with Crippen LogP contribution in [0.2, 0.25) is 0 Å². The minimum atomic E-state index is -0.600. The molecule has 3 rings (SSSR count). The lowest BCUT2D eigenvalue weighted by Crippen LogP contribution is -2.56. The van der Waals surface area contributed by atoms with Gasteiger partial charge in [-0.15, -0.1) is 24.9 Å². The van der Waals surface area contributed by atoms with Crippen LogP contribution in [0.4, 0.5) is 0 Å². The van der Waals surface area contributed by atoms with E-state index in [0.717, 1.165) is 44.9 Å². The molecule has 0 aliphatic carbocycles. The Labute approximate surface area is 234 Å². The molecule has 2 bridgehead atoms. The second kappa shape index (κ2) is 13.0. The van der Waals surface area contributed by atoms with E-state index >= 15 is 0 Å². The number of thioether (sulfide) groups is 1. The van der Waals surface area contributed by atoms with Crippen molar-refractivity contribution >= 4 is 29.5 Å². The summed E-state index contributed by atoms with van der Waals surface area (Å²) in [5.41, 5.74) is 0. The fraction of sp³-hybridized carbons (Fsp3) is 0.767. The smallest absolute Gasteiger partial charge is 0.247 e. The highest BCUT2D eigenvalue weighted by Gasteiger charge is 2.77. The third kappa shape index (κ3) is 5.45. The van der Waals surface area contributed by atoms with Crippen LogP contribution >= 0.6 is 11.8 Å². The van der Waals surface area contributed by atoms with Crippen molar-refractivity contribution in [2.75, 3.05) is 32.8 Å². The Bertz CT molecular complexity index is 897. The molecule has 3 aliphatic heterocycles. The Balaban J connectivity index is 2.05. The van der Waals surface area contributed by atoms with Gasteiger partial charge in [-0.1, -0.05) is 32.4 Å². The summed E-state index contributed by atoms with van der Waals surface area (Å²) in [6.07, 6.45) is 9.98. The maximum absolute atomic E-state index is 14.5. The molecule has 0 aromatic heterocycles. The average molecular weight is 548 g/mol. The first kappa shape index (κ1) is 30.7. The predicted molar refractivity (Wildman–Crippen MR) is 155 cm³/mol. The molecule has 0 radical (unpaired) electrons. The minimum absolute atomic E-state index is 0.00906. The number of carbonyl (C=O) groups excluding carboxylic acids is 3. The van der Waals surface area contributed by atoms with Gasteiger partial charge in [-0.05, 0) is 58.8 Å². The molecular formula is C30H49N3O4S. The van der Waals surface area contributed by atoms with Crippen molar-refractivity contribution in [3.8, 4) is 0 Å². The van der Waals surface area contributed by atoms with Gasteiger partial charge in [0.05, 0.1) is 16.6 Å². The number of amides is 3. The van der Waals surface area contributed by atoms with Crippen molar-refractivity contribution in [2.24, 2.45) is 11.8 Å². The SMILES string of the molecule is C=CCN(CCC)C(=O)[C@@H]1[C@H]2C(=O)N(CCCCCO)C(C(=O)N(CC=C)C(C)CCC)C23CC[C@@]1(C)S3. The largest absolute Gasteiger partial charge is 0.396 e. The molecule has 3 unspecified atom stereocenters. The number of rotatable bonds is 16. The third-order valence-electron chi connectivity index (χ3n) is 8.84. The van der Waals surface area contributed by atoms with Crippen LogP contribution in [0, 0.1) is 11.8 Å². The molecule has 3 saturated heterocycles. The number of hydrogen-bond acceptors (Lipinski definition) is 5. The van der Waals surface area contributed by atoms with Gasteiger partial charge in [0.15, 0.2) is 0 Å². The summed E-state index contributed by atoms with van der Waals surface area (Å²) in [4.78, 5) is 48.4. The van der Waals surface area contributed by atoms with E-state index in [-0.39, 0.29) is 35.1 Å². The predicted octanol–water partition coefficient (Wildman–Crippen LogP) is 4.26. The molecule has 1 spiro atoms. The van der Waals surface area contributed by atoms with Gasteiger partial charge in [0.25, 0.3) is 0 Å². The fourth-order valence-corrected chi connectivity index (χ4v) is 9.51. The van der Waals surface area contributed by atoms with Crippen LogP contribution in [-0.4, -0.2) is 91.9 Å². The Hall–Kier alpha value is -1.80. The van der Waals surface area contributed by atoms with E-state index in [1.165, 1.54) is 0 Å². The Kier molecular flexibility index (Phi) is 10.5. The van der Waals surface area contributed by atoms with Gasteiger partial charge in [0.1, 0.15) is 6.04 Å². The number of likely N-dealkylation sites (tertiary alicyclic amines) is 1. The molecule has 8 heteroatoms. The topological polar surface area (TPSA) is 81.2 Å². The molecule has 3 amide bonds. The molecule has 1 N–H and O–H groups in total. The van der Waals surface area contributed by atoms with Crippen LogP contribution in [0.3, 0.4) is 0 Å². The number of carbonyl (C=O) groups is 3. The number of nitrogens with zero attached hydrogens (tertiary/aromatic N) is 3. The molecule has 0 aromatic rings. The highest BCUT2D eigenvalue weighted by atomic mass is 32.2. The normalized spacial score (nSPS) is 30.3. The van der Waals surface area contributed by atoms with E-state index in [1.807, 2.05) is 14.7 Å². The summed E-state index contributed by atoms with van der Waals surface area (Å²) >= 11 is 1.74. The molecule has 0 saturated carbocycles. The number of unbranched alkanes of at least 4 members (excludes halogenated alkanes) is 2. The lowest BCUT2D eigenvalue weighted by atomic mass is 9.66. The van der Waals surface area contributed by atoms with Gasteiger partial charge in [0.2, 0.25) is 17.7 Å². The zero-order valence-electron chi connectivity index (χ0n) is 24.0. The van der Waals surface area contributed by atoms with Crippen molar-refractivity contribution in [3.05, 3.63) is 25.3 Å². The molecule has 3 fully saturated rings. The van der Waals surface area contributed by atoms with Gasteiger partial charge in [-0.2, -0.15) is 0 Å². The molecule has 7 nitrogen and oxygen atoms in total. The third-order valence-corrected chi connectivity index (χ3v) is 10.8. The first-order valence-electron chi connectivity index (χ1n) is 14.6. The van der Waals surface area contributed by atoms with E-state index in [9.17, 15) is 19.5 Å². The number of hydrogen-bond donors (Lipinski definition) is 1. The first-order chi connectivity index (χ1) is 18.2. The van der Waals surface area contributed by atoms with Crippen molar-refractivity contribution in [3.63, 3.8) is 0 Å². The second-order valence-corrected chi connectivity index (χ2v) is 13.4. The maximum atomic E-state index is 14.5. The van der Waals surface area contributed by atoms with Crippen LogP contribution < -0.4 is 0 Å². The zero-order valence-corrected chi connectivity index (χ0v) is 24.8. The summed E-state index contributed by atoms with van der Waals surface area (Å²) in [6.45, 7) is 18.3. The van der Waals surface area contributed by atoms with E-state index in [1.54, 1.807) is 23.9 Å². The highest BCUT2D eigenvalue weighted by Crippen LogP contribution is 2.71. The summed E-state index contributed by atoms with van der Waals surface area (Å²) in [5.74, 6) is -0.971. The van der Waals surface area contributed by atoms with E-state index in [0.29, 0.717) is 32.6 Å². The monoisotopic (exact) mass is 547 g/mol. The van der Waals surface area contributed by atoms with Crippen LogP contribution in [0.15, 0.2) is 25.3 Å². The van der Waals surface area contributed by atoms with Gasteiger partial charge < -0.3 is 19.8 Å². The van der Waals surface area contributed by atoms with E-state index in [4.69, 9.17) is 0 Å². The van der Waals surface area contributed by atoms with Crippen LogP contribution in [0.1, 0.15) is 79.1 Å². The lowest BCUT2D eigenvalue weighted by molar-refractivity contribution is -0.146. The Morgan fingerprint density at radius 2 is 1.84 bits per heavy atom. The summed E-state index contributed by atoms with van der Waals surface area (Å²) in [5, 5.41) is 9.27. The Morgan fingerprint density at radius 1 is 1.13 bits per heavy atom. The van der Waals surface area contributed by atoms with Crippen LogP contribution in [0.25, 0.3) is 0 Å². The zero-order chi connectivity index (χ0) is 28.1. The quantitative estimate of drug-likeness (QED) is 0.231. The van der Waals surface area contributed by atoms with Crippen molar-refractivity contribution < 1.29 is 19.5 Å². The van der Waals surface area contributed by atoms with Gasteiger partial charge >= 0.3 is 0 Å². The first-order valence-corrected chi connectivity index (χ1v) is 15.4. The van der Waals surface area contributed by atoms with Crippen molar-refractivity contribution in [2.45, 2.75) is 101 Å². The minimum Gasteiger partial charge on any atom is -0.396 e. The molecule has 214 valence electrons. The number of fused-ring (bicyclic) bond motifs is 1. The summed E-state index contributed by atoms with van der Waals surface area (Å²) in [6, 6.07) is -0.548. The highest BCUT2D eigenvalue weighted by molar-refractivity contribution is 8.02. The van der Waals surface area contributed by atoms with Gasteiger partial charge in [-0.3, -0.25) is 14.4 Å². The number of aliphatic hydroxyl groups is 1. The van der Waals surface area contributed by atoms with Gasteiger partial charge in [-0.25, -0.2) is 0 Å². The average Bonchev–Trinajstić information content (AvgIpc) is 3.45. The van der Waals surface area contributed by atoms with Crippen molar-refractivity contribution in [1.29, 1.82) is 0 Å².